The predicted molar refractivity (Wildman–Crippen MR) is 128 cm³/mol. The molecule has 0 amide bonds. The number of nitrogens with zero attached hydrogens (tertiary/aromatic N) is 4. The molecule has 0 aliphatic carbocycles. The summed E-state index contributed by atoms with van der Waals surface area (Å²) in [4.78, 5) is 16.9. The number of quaternary nitrogens is 1. The zero-order valence-corrected chi connectivity index (χ0v) is 20.7. The number of hydrogen-bond acceptors (Lipinski definition) is 7. The van der Waals surface area contributed by atoms with Crippen molar-refractivity contribution in [3.8, 4) is 18.2 Å². The van der Waals surface area contributed by atoms with Gasteiger partial charge in [-0.05, 0) is 45.4 Å². The molecule has 2 N–H and O–H groups in total. The van der Waals surface area contributed by atoms with Gasteiger partial charge in [-0.1, -0.05) is 0 Å². The van der Waals surface area contributed by atoms with Gasteiger partial charge in [0, 0.05) is 25.1 Å². The number of morpholine rings is 1. The van der Waals surface area contributed by atoms with Crippen LogP contribution < -0.4 is 5.32 Å². The van der Waals surface area contributed by atoms with E-state index in [0.29, 0.717) is 11.1 Å². The summed E-state index contributed by atoms with van der Waals surface area (Å²) in [6, 6.07) is 8.79. The zero-order chi connectivity index (χ0) is 24.6. The number of nitrogens with two attached hydrogens (primary N) is 1. The average Bonchev–Trinajstić information content (AvgIpc) is 3.34. The maximum absolute atomic E-state index is 13.5. The van der Waals surface area contributed by atoms with Crippen LogP contribution >= 0.6 is 22.7 Å². The molecular formula is C24H25N5O2S2. The summed E-state index contributed by atoms with van der Waals surface area (Å²) in [6.07, 6.45) is 0. The second-order valence-electron chi connectivity index (χ2n) is 7.60. The van der Waals surface area contributed by atoms with Crippen molar-refractivity contribution in [3.63, 3.8) is 0 Å². The van der Waals surface area contributed by atoms with Crippen molar-refractivity contribution in [2.24, 2.45) is 5.41 Å². The summed E-state index contributed by atoms with van der Waals surface area (Å²) in [5, 5.41) is 40.8. The molecular weight excluding hydrogens is 454 g/mol. The first-order chi connectivity index (χ1) is 15.7. The van der Waals surface area contributed by atoms with Crippen molar-refractivity contribution in [1.82, 2.24) is 0 Å². The van der Waals surface area contributed by atoms with E-state index in [1.165, 1.54) is 22.7 Å². The largest absolute Gasteiger partial charge is 0.762 e. The molecule has 1 aliphatic rings. The number of rotatable bonds is 5. The van der Waals surface area contributed by atoms with Gasteiger partial charge in [0.25, 0.3) is 0 Å². The lowest BCUT2D eigenvalue weighted by Crippen LogP contribution is -2.87. The summed E-state index contributed by atoms with van der Waals surface area (Å²) >= 11 is 2.88. The fourth-order valence-electron chi connectivity index (χ4n) is 3.73. The molecule has 3 heterocycles. The number of carbonyl (C=O) groups excluding carboxylic acids is 1. The van der Waals surface area contributed by atoms with Gasteiger partial charge in [-0.15, -0.1) is 22.7 Å². The minimum Gasteiger partial charge on any atom is -0.762 e. The maximum atomic E-state index is 13.5. The third-order valence-electron chi connectivity index (χ3n) is 5.30. The first kappa shape index (κ1) is 26.2. The highest BCUT2D eigenvalue weighted by molar-refractivity contribution is 7.12. The molecule has 0 saturated carbocycles. The van der Waals surface area contributed by atoms with Crippen molar-refractivity contribution >= 4 is 34.3 Å². The number of hydrogen-bond donors (Lipinski definition) is 1. The van der Waals surface area contributed by atoms with Crippen LogP contribution in [0.25, 0.3) is 5.41 Å². The highest BCUT2D eigenvalue weighted by Crippen LogP contribution is 2.46. The van der Waals surface area contributed by atoms with E-state index in [0.717, 1.165) is 45.8 Å². The van der Waals surface area contributed by atoms with Gasteiger partial charge >= 0.3 is 0 Å². The molecule has 1 unspecified atom stereocenters. The molecule has 1 fully saturated rings. The van der Waals surface area contributed by atoms with Crippen LogP contribution in [0, 0.1) is 67.1 Å². The number of ether oxygens (including phenoxy) is 1. The molecule has 1 aliphatic heterocycles. The normalized spacial score (nSPS) is 13.8. The Morgan fingerprint density at radius 2 is 1.64 bits per heavy atom. The van der Waals surface area contributed by atoms with Gasteiger partial charge in [-0.2, -0.15) is 15.8 Å². The Hall–Kier alpha value is -3.09. The highest BCUT2D eigenvalue weighted by Gasteiger charge is 2.49. The summed E-state index contributed by atoms with van der Waals surface area (Å²) in [6.45, 7) is 11.5. The first-order valence-corrected chi connectivity index (χ1v) is 12.0. The van der Waals surface area contributed by atoms with Crippen molar-refractivity contribution in [2.45, 2.75) is 33.6 Å². The Morgan fingerprint density at radius 3 is 1.97 bits per heavy atom. The molecule has 3 rings (SSSR count). The Kier molecular flexibility index (Phi) is 9.26. The molecule has 9 heteroatoms. The molecule has 0 aromatic carbocycles. The molecule has 170 valence electrons. The van der Waals surface area contributed by atoms with Crippen molar-refractivity contribution in [1.29, 1.82) is 15.8 Å². The molecule has 0 radical (unpaired) electrons. The number of thiophene rings is 2. The van der Waals surface area contributed by atoms with Crippen LogP contribution in [0.3, 0.4) is 0 Å². The summed E-state index contributed by atoms with van der Waals surface area (Å²) < 4.78 is 5.04. The lowest BCUT2D eigenvalue weighted by atomic mass is 9.67. The molecule has 7 nitrogen and oxygen atoms in total. The van der Waals surface area contributed by atoms with E-state index in [4.69, 9.17) is 4.74 Å². The molecule has 1 atom stereocenters. The quantitative estimate of drug-likeness (QED) is 0.398. The second-order valence-corrected chi connectivity index (χ2v) is 10.5. The summed E-state index contributed by atoms with van der Waals surface area (Å²) in [5.41, 5.74) is -1.83. The van der Waals surface area contributed by atoms with E-state index in [1.807, 2.05) is 26.0 Å². The highest BCUT2D eigenvalue weighted by atomic mass is 32.1. The summed E-state index contributed by atoms with van der Waals surface area (Å²) in [7, 11) is 0. The van der Waals surface area contributed by atoms with E-state index in [2.05, 4.69) is 5.32 Å². The van der Waals surface area contributed by atoms with Crippen molar-refractivity contribution in [2.75, 3.05) is 26.3 Å². The van der Waals surface area contributed by atoms with Gasteiger partial charge in [0.2, 0.25) is 0 Å². The molecule has 33 heavy (non-hydrogen) atoms. The minimum atomic E-state index is -2.18. The van der Waals surface area contributed by atoms with Gasteiger partial charge in [0.05, 0.1) is 49.9 Å². The number of Topliss-reactive ketones (excluding diaryl/α,β-unsaturated/α-hetero) is 1. The fraction of sp³-hybridized carbons (Fsp3) is 0.417. The smallest absolute Gasteiger partial charge is 0.197 e. The lowest BCUT2D eigenvalue weighted by molar-refractivity contribution is -0.670. The lowest BCUT2D eigenvalue weighted by Gasteiger charge is -2.27. The summed E-state index contributed by atoms with van der Waals surface area (Å²) in [5.74, 6) is -0.0160. The van der Waals surface area contributed by atoms with Crippen LogP contribution in [0.2, 0.25) is 0 Å². The third-order valence-corrected chi connectivity index (χ3v) is 7.24. The molecule has 1 saturated heterocycles. The van der Waals surface area contributed by atoms with Gasteiger partial charge in [-0.25, -0.2) is 0 Å². The van der Waals surface area contributed by atoms with Crippen LogP contribution in [0.15, 0.2) is 17.7 Å². The van der Waals surface area contributed by atoms with E-state index in [1.54, 1.807) is 37.9 Å². The molecule has 0 spiro atoms. The van der Waals surface area contributed by atoms with E-state index < -0.39 is 22.7 Å². The van der Waals surface area contributed by atoms with Crippen LogP contribution in [0.1, 0.15) is 41.3 Å². The van der Waals surface area contributed by atoms with Gasteiger partial charge in [0.15, 0.2) is 11.2 Å². The van der Waals surface area contributed by atoms with Gasteiger partial charge < -0.3 is 15.5 Å². The predicted octanol–water partition coefficient (Wildman–Crippen LogP) is 3.31. The van der Waals surface area contributed by atoms with Gasteiger partial charge in [0.1, 0.15) is 6.07 Å². The monoisotopic (exact) mass is 479 g/mol. The topological polar surface area (TPSA) is 137 Å². The van der Waals surface area contributed by atoms with Crippen LogP contribution in [-0.4, -0.2) is 38.0 Å². The number of allylic oxidation sites excluding steroid dienone is 1. The molecule has 2 aromatic heterocycles. The number of nitriles is 3. The van der Waals surface area contributed by atoms with E-state index >= 15 is 0 Å². The third kappa shape index (κ3) is 5.64. The Labute approximate surface area is 202 Å². The minimum absolute atomic E-state index is 0.413. The standard InChI is InChI=1S/C20H15N4OS2.C4H9NO/c1-11-5-16(13(3)26-11)18(19(25)17-6-12(2)27-14(17)4)20(9-23,10-24)15(7-21)8-22;1-3-6-4-2-5-1/h5-6,18H,1-4H3;5H,1-4H2/q-1;/p+1. The maximum Gasteiger partial charge on any atom is 0.197 e. The van der Waals surface area contributed by atoms with Crippen LogP contribution in [-0.2, 0) is 4.74 Å². The Balaban J connectivity index is 0.000000554. The fourth-order valence-corrected chi connectivity index (χ4v) is 5.62. The Morgan fingerprint density at radius 1 is 1.06 bits per heavy atom. The number of aryl methyl sites for hydroxylation is 4. The van der Waals surface area contributed by atoms with E-state index in [-0.39, 0.29) is 0 Å². The van der Waals surface area contributed by atoms with Crippen molar-refractivity contribution < 1.29 is 14.8 Å². The van der Waals surface area contributed by atoms with E-state index in [9.17, 15) is 26.0 Å². The second kappa shape index (κ2) is 11.7. The van der Waals surface area contributed by atoms with Crippen molar-refractivity contribution in [3.05, 3.63) is 53.8 Å². The average molecular weight is 480 g/mol. The van der Waals surface area contributed by atoms with Crippen LogP contribution in [0.4, 0.5) is 0 Å². The number of ketones is 1. The molecule has 2 aromatic rings. The van der Waals surface area contributed by atoms with Gasteiger partial charge in [-0.3, -0.25) is 10.7 Å². The zero-order valence-electron chi connectivity index (χ0n) is 19.1. The number of carbonyl (C=O) groups is 1. The molecule has 0 bridgehead atoms. The first-order valence-electron chi connectivity index (χ1n) is 10.3. The SMILES string of the molecule is C1COCC[NH2+]1.Cc1cc(C(=O)C(c2cc(C)sc2C)C(C#N)(C#N)C(=C=[N-])C#N)c(C)s1. The Bertz CT molecular complexity index is 1170. The van der Waals surface area contributed by atoms with Crippen LogP contribution in [0.5, 0.6) is 0 Å².